The van der Waals surface area contributed by atoms with Crippen LogP contribution in [0.15, 0.2) is 42.0 Å². The van der Waals surface area contributed by atoms with Crippen LogP contribution >= 0.6 is 0 Å². The predicted octanol–water partition coefficient (Wildman–Crippen LogP) is 2.98. The van der Waals surface area contributed by atoms with Gasteiger partial charge >= 0.3 is 6.09 Å². The van der Waals surface area contributed by atoms with E-state index in [2.05, 4.69) is 6.08 Å². The maximum Gasteiger partial charge on any atom is 0.410 e. The number of allylic oxidation sites excluding steroid dienone is 1. The van der Waals surface area contributed by atoms with Crippen LogP contribution in [0.2, 0.25) is 0 Å². The van der Waals surface area contributed by atoms with Crippen LogP contribution in [0, 0.1) is 0 Å². The molecule has 90 valence electrons. The lowest BCUT2D eigenvalue weighted by Crippen LogP contribution is -2.28. The zero-order valence-electron chi connectivity index (χ0n) is 10.1. The molecule has 1 amide bonds. The Morgan fingerprint density at radius 1 is 1.41 bits per heavy atom. The summed E-state index contributed by atoms with van der Waals surface area (Å²) in [6.07, 6.45) is 2.83. The van der Waals surface area contributed by atoms with Crippen molar-refractivity contribution in [3.63, 3.8) is 0 Å². The summed E-state index contributed by atoms with van der Waals surface area (Å²) in [5, 5.41) is 0. The number of hydrogen-bond acceptors (Lipinski definition) is 2. The van der Waals surface area contributed by atoms with Crippen LogP contribution in [0.1, 0.15) is 18.9 Å². The fourth-order valence-electron chi connectivity index (χ4n) is 1.88. The van der Waals surface area contributed by atoms with Crippen molar-refractivity contribution in [3.8, 4) is 0 Å². The SMILES string of the molecule is CC=C1CCN(C(=O)OCc2ccccc2)C1. The largest absolute Gasteiger partial charge is 0.445 e. The van der Waals surface area contributed by atoms with Crippen LogP contribution in [0.5, 0.6) is 0 Å². The van der Waals surface area contributed by atoms with Gasteiger partial charge in [-0.1, -0.05) is 42.0 Å². The molecule has 0 saturated carbocycles. The first kappa shape index (κ1) is 11.7. The summed E-state index contributed by atoms with van der Waals surface area (Å²) in [4.78, 5) is 13.5. The van der Waals surface area contributed by atoms with Gasteiger partial charge in [0.15, 0.2) is 0 Å². The molecule has 0 aromatic heterocycles. The van der Waals surface area contributed by atoms with E-state index in [1.165, 1.54) is 5.57 Å². The Bertz CT molecular complexity index is 411. The summed E-state index contributed by atoms with van der Waals surface area (Å²) in [5.74, 6) is 0. The van der Waals surface area contributed by atoms with Gasteiger partial charge in [0.2, 0.25) is 0 Å². The standard InChI is InChI=1S/C14H17NO2/c1-2-12-8-9-15(10-12)14(16)17-11-13-6-4-3-5-7-13/h2-7H,8-11H2,1H3. The Labute approximate surface area is 102 Å². The molecule has 0 spiro atoms. The number of likely N-dealkylation sites (tertiary alicyclic amines) is 1. The summed E-state index contributed by atoms with van der Waals surface area (Å²) in [5.41, 5.74) is 2.33. The van der Waals surface area contributed by atoms with E-state index in [1.54, 1.807) is 4.90 Å². The van der Waals surface area contributed by atoms with Crippen LogP contribution in [0.25, 0.3) is 0 Å². The minimum absolute atomic E-state index is 0.217. The number of ether oxygens (including phenoxy) is 1. The second kappa shape index (κ2) is 5.53. The van der Waals surface area contributed by atoms with Gasteiger partial charge in [0.1, 0.15) is 6.61 Å². The molecule has 3 nitrogen and oxygen atoms in total. The highest BCUT2D eigenvalue weighted by Gasteiger charge is 2.21. The smallest absolute Gasteiger partial charge is 0.410 e. The molecular weight excluding hydrogens is 214 g/mol. The van der Waals surface area contributed by atoms with Crippen molar-refractivity contribution in [2.75, 3.05) is 13.1 Å². The van der Waals surface area contributed by atoms with Gasteiger partial charge in [-0.3, -0.25) is 0 Å². The van der Waals surface area contributed by atoms with Gasteiger partial charge in [-0.15, -0.1) is 0 Å². The van der Waals surface area contributed by atoms with Gasteiger partial charge in [-0.2, -0.15) is 0 Å². The Morgan fingerprint density at radius 3 is 2.82 bits per heavy atom. The van der Waals surface area contributed by atoms with E-state index in [-0.39, 0.29) is 6.09 Å². The Hall–Kier alpha value is -1.77. The molecule has 0 atom stereocenters. The molecule has 0 N–H and O–H groups in total. The summed E-state index contributed by atoms with van der Waals surface area (Å²) in [6.45, 7) is 3.84. The van der Waals surface area contributed by atoms with Gasteiger partial charge in [0.05, 0.1) is 0 Å². The molecule has 1 aromatic rings. The van der Waals surface area contributed by atoms with E-state index in [1.807, 2.05) is 37.3 Å². The Morgan fingerprint density at radius 2 is 2.18 bits per heavy atom. The highest BCUT2D eigenvalue weighted by atomic mass is 16.6. The van der Waals surface area contributed by atoms with Crippen molar-refractivity contribution in [1.82, 2.24) is 4.90 Å². The second-order valence-corrected chi connectivity index (χ2v) is 4.16. The van der Waals surface area contributed by atoms with Crippen molar-refractivity contribution in [2.45, 2.75) is 20.0 Å². The van der Waals surface area contributed by atoms with Crippen LogP contribution < -0.4 is 0 Å². The topological polar surface area (TPSA) is 29.5 Å². The van der Waals surface area contributed by atoms with Gasteiger partial charge in [-0.05, 0) is 18.9 Å². The number of rotatable bonds is 2. The zero-order valence-corrected chi connectivity index (χ0v) is 10.1. The van der Waals surface area contributed by atoms with Gasteiger partial charge in [0, 0.05) is 13.1 Å². The summed E-state index contributed by atoms with van der Waals surface area (Å²) >= 11 is 0. The van der Waals surface area contributed by atoms with Crippen molar-refractivity contribution in [1.29, 1.82) is 0 Å². The first-order chi connectivity index (χ1) is 8.29. The monoisotopic (exact) mass is 231 g/mol. The second-order valence-electron chi connectivity index (χ2n) is 4.16. The van der Waals surface area contributed by atoms with E-state index >= 15 is 0 Å². The third-order valence-corrected chi connectivity index (χ3v) is 2.97. The van der Waals surface area contributed by atoms with Crippen LogP contribution in [0.4, 0.5) is 4.79 Å². The molecule has 1 aliphatic rings. The normalized spacial score (nSPS) is 17.5. The van der Waals surface area contributed by atoms with Crippen molar-refractivity contribution >= 4 is 6.09 Å². The molecule has 0 aliphatic carbocycles. The lowest BCUT2D eigenvalue weighted by atomic mass is 10.2. The molecule has 1 aromatic carbocycles. The van der Waals surface area contributed by atoms with E-state index in [9.17, 15) is 4.79 Å². The third-order valence-electron chi connectivity index (χ3n) is 2.97. The number of hydrogen-bond donors (Lipinski definition) is 0. The molecular formula is C14H17NO2. The van der Waals surface area contributed by atoms with Crippen LogP contribution in [0.3, 0.4) is 0 Å². The lowest BCUT2D eigenvalue weighted by Gasteiger charge is -2.14. The van der Waals surface area contributed by atoms with Crippen molar-refractivity contribution in [3.05, 3.63) is 47.5 Å². The maximum atomic E-state index is 11.8. The number of carbonyl (C=O) groups excluding carboxylic acids is 1. The van der Waals surface area contributed by atoms with Crippen molar-refractivity contribution in [2.24, 2.45) is 0 Å². The first-order valence-corrected chi connectivity index (χ1v) is 5.89. The lowest BCUT2D eigenvalue weighted by molar-refractivity contribution is 0.105. The molecule has 17 heavy (non-hydrogen) atoms. The number of nitrogens with zero attached hydrogens (tertiary/aromatic N) is 1. The molecule has 1 fully saturated rings. The number of carbonyl (C=O) groups is 1. The Kier molecular flexibility index (Phi) is 3.81. The summed E-state index contributed by atoms with van der Waals surface area (Å²) in [7, 11) is 0. The molecule has 2 rings (SSSR count). The minimum atomic E-state index is -0.217. The van der Waals surface area contributed by atoms with Crippen LogP contribution in [-0.4, -0.2) is 24.1 Å². The van der Waals surface area contributed by atoms with Gasteiger partial charge in [0.25, 0.3) is 0 Å². The van der Waals surface area contributed by atoms with E-state index in [4.69, 9.17) is 4.74 Å². The quantitative estimate of drug-likeness (QED) is 0.732. The fourth-order valence-corrected chi connectivity index (χ4v) is 1.88. The predicted molar refractivity (Wildman–Crippen MR) is 66.6 cm³/mol. The molecule has 1 heterocycles. The molecule has 1 aliphatic heterocycles. The summed E-state index contributed by atoms with van der Waals surface area (Å²) < 4.78 is 5.26. The summed E-state index contributed by atoms with van der Waals surface area (Å²) in [6, 6.07) is 9.74. The van der Waals surface area contributed by atoms with Gasteiger partial charge < -0.3 is 9.64 Å². The molecule has 0 unspecified atom stereocenters. The van der Waals surface area contributed by atoms with Gasteiger partial charge in [-0.25, -0.2) is 4.79 Å². The average Bonchev–Trinajstić information content (AvgIpc) is 2.86. The average molecular weight is 231 g/mol. The third kappa shape index (κ3) is 3.09. The molecule has 0 radical (unpaired) electrons. The highest BCUT2D eigenvalue weighted by Crippen LogP contribution is 2.16. The van der Waals surface area contributed by atoms with E-state index in [0.717, 1.165) is 18.5 Å². The molecule has 0 bridgehead atoms. The van der Waals surface area contributed by atoms with Crippen LogP contribution in [-0.2, 0) is 11.3 Å². The minimum Gasteiger partial charge on any atom is -0.445 e. The maximum absolute atomic E-state index is 11.8. The number of benzene rings is 1. The van der Waals surface area contributed by atoms with E-state index < -0.39 is 0 Å². The van der Waals surface area contributed by atoms with Crippen molar-refractivity contribution < 1.29 is 9.53 Å². The molecule has 1 saturated heterocycles. The van der Waals surface area contributed by atoms with E-state index in [0.29, 0.717) is 13.2 Å². The first-order valence-electron chi connectivity index (χ1n) is 5.89. The highest BCUT2D eigenvalue weighted by molar-refractivity contribution is 5.68. The fraction of sp³-hybridized carbons (Fsp3) is 0.357. The Balaban J connectivity index is 1.82. The zero-order chi connectivity index (χ0) is 12.1. The molecule has 3 heteroatoms. The number of amides is 1.